The molecule has 0 heterocycles. The smallest absolute Gasteiger partial charge is 0.226 e. The second-order valence-corrected chi connectivity index (χ2v) is 7.27. The van der Waals surface area contributed by atoms with E-state index in [0.717, 1.165) is 25.0 Å². The van der Waals surface area contributed by atoms with Crippen molar-refractivity contribution in [2.45, 2.75) is 38.0 Å². The van der Waals surface area contributed by atoms with Crippen LogP contribution in [-0.2, 0) is 14.9 Å². The monoisotopic (exact) mass is 347 g/mol. The van der Waals surface area contributed by atoms with Crippen molar-refractivity contribution in [1.82, 2.24) is 5.32 Å². The van der Waals surface area contributed by atoms with Crippen LogP contribution in [0.4, 0.5) is 4.39 Å². The molecule has 0 unspecified atom stereocenters. The molecule has 5 heteroatoms. The first-order valence-electron chi connectivity index (χ1n) is 8.86. The van der Waals surface area contributed by atoms with E-state index >= 15 is 0 Å². The van der Waals surface area contributed by atoms with E-state index < -0.39 is 0 Å². The third kappa shape index (κ3) is 3.30. The van der Waals surface area contributed by atoms with Crippen LogP contribution in [-0.4, -0.2) is 32.8 Å². The van der Waals surface area contributed by atoms with Crippen LogP contribution in [0.25, 0.3) is 0 Å². The van der Waals surface area contributed by atoms with Crippen molar-refractivity contribution in [3.05, 3.63) is 41.7 Å². The highest BCUT2D eigenvalue weighted by Gasteiger charge is 2.71. The molecule has 136 valence electrons. The van der Waals surface area contributed by atoms with E-state index in [1.807, 2.05) is 19.1 Å². The summed E-state index contributed by atoms with van der Waals surface area (Å²) in [6.07, 6.45) is 4.02. The predicted molar refractivity (Wildman–Crippen MR) is 94.3 cm³/mol. The lowest BCUT2D eigenvalue weighted by Crippen LogP contribution is -2.70. The molecule has 2 bridgehead atoms. The molecule has 3 aliphatic rings. The molecule has 0 aromatic heterocycles. The molecular weight excluding hydrogens is 321 g/mol. The zero-order chi connectivity index (χ0) is 17.9. The fourth-order valence-electron chi connectivity index (χ4n) is 4.08. The van der Waals surface area contributed by atoms with Gasteiger partial charge in [0.2, 0.25) is 5.91 Å². The molecule has 0 aliphatic heterocycles. The molecule has 0 radical (unpaired) electrons. The van der Waals surface area contributed by atoms with Crippen LogP contribution < -0.4 is 10.1 Å². The number of carbonyl (C=O) groups is 1. The van der Waals surface area contributed by atoms with Crippen LogP contribution in [0.2, 0.25) is 0 Å². The first-order valence-corrected chi connectivity index (χ1v) is 8.86. The minimum Gasteiger partial charge on any atom is -0.489 e. The van der Waals surface area contributed by atoms with Gasteiger partial charge in [-0.2, -0.15) is 0 Å². The quantitative estimate of drug-likeness (QED) is 0.696. The van der Waals surface area contributed by atoms with Gasteiger partial charge in [0.05, 0.1) is 18.4 Å². The van der Waals surface area contributed by atoms with Gasteiger partial charge < -0.3 is 14.8 Å². The van der Waals surface area contributed by atoms with Crippen LogP contribution in [0.5, 0.6) is 5.75 Å². The summed E-state index contributed by atoms with van der Waals surface area (Å²) >= 11 is 0. The number of rotatable bonds is 9. The lowest BCUT2D eigenvalue weighted by molar-refractivity contribution is -0.176. The lowest BCUT2D eigenvalue weighted by Gasteiger charge is -2.69. The minimum atomic E-state index is -0.162. The maximum Gasteiger partial charge on any atom is 0.226 e. The van der Waals surface area contributed by atoms with Gasteiger partial charge >= 0.3 is 0 Å². The Bertz CT molecular complexity index is 634. The maximum atomic E-state index is 12.6. The fourth-order valence-corrected chi connectivity index (χ4v) is 4.08. The van der Waals surface area contributed by atoms with Crippen molar-refractivity contribution in [2.24, 2.45) is 5.41 Å². The maximum absolute atomic E-state index is 12.6. The largest absolute Gasteiger partial charge is 0.489 e. The number of amides is 1. The standard InChI is InChI=1S/C20H26FNO3/c1-3-15(10-21)11-25-17-6-4-16(5-7-17)19-12-20(13-19,14-19)18(23)22-8-9-24-2/h4-7,10H,3,8-9,11-14H2,1-2H3,(H,22,23)/b15-10+. The molecule has 1 amide bonds. The first kappa shape index (κ1) is 17.9. The topological polar surface area (TPSA) is 47.6 Å². The van der Waals surface area contributed by atoms with Gasteiger partial charge in [-0.15, -0.1) is 0 Å². The minimum absolute atomic E-state index is 0.157. The summed E-state index contributed by atoms with van der Waals surface area (Å²) in [6.45, 7) is 3.30. The summed E-state index contributed by atoms with van der Waals surface area (Å²) in [5.74, 6) is 0.909. The highest BCUT2D eigenvalue weighted by atomic mass is 19.1. The number of halogens is 1. The van der Waals surface area contributed by atoms with Crippen molar-refractivity contribution < 1.29 is 18.7 Å². The van der Waals surface area contributed by atoms with Crippen LogP contribution >= 0.6 is 0 Å². The van der Waals surface area contributed by atoms with Crippen molar-refractivity contribution in [1.29, 1.82) is 0 Å². The van der Waals surface area contributed by atoms with Gasteiger partial charge in [0, 0.05) is 13.7 Å². The molecule has 3 aliphatic carbocycles. The molecule has 4 nitrogen and oxygen atoms in total. The number of benzene rings is 1. The summed E-state index contributed by atoms with van der Waals surface area (Å²) < 4.78 is 23.1. The molecule has 1 aromatic carbocycles. The molecular formula is C20H26FNO3. The first-order chi connectivity index (χ1) is 12.1. The number of hydrogen-bond acceptors (Lipinski definition) is 3. The summed E-state index contributed by atoms with van der Waals surface area (Å²) in [5.41, 5.74) is 1.91. The number of ether oxygens (including phenoxy) is 2. The van der Waals surface area contributed by atoms with Gasteiger partial charge in [0.15, 0.2) is 0 Å². The Balaban J connectivity index is 1.51. The Morgan fingerprint density at radius 2 is 1.96 bits per heavy atom. The van der Waals surface area contributed by atoms with Gasteiger partial charge in [0.25, 0.3) is 0 Å². The van der Waals surface area contributed by atoms with Gasteiger partial charge in [-0.05, 0) is 54.4 Å². The highest BCUT2D eigenvalue weighted by Crippen LogP contribution is 2.73. The van der Waals surface area contributed by atoms with Crippen LogP contribution in [0, 0.1) is 5.41 Å². The number of nitrogens with one attached hydrogen (secondary N) is 1. The Morgan fingerprint density at radius 3 is 2.52 bits per heavy atom. The highest BCUT2D eigenvalue weighted by molar-refractivity contribution is 5.87. The second kappa shape index (κ2) is 7.16. The molecule has 0 spiro atoms. The Kier molecular flexibility index (Phi) is 5.13. The average Bonchev–Trinajstić information content (AvgIpc) is 2.55. The molecule has 3 fully saturated rings. The molecule has 25 heavy (non-hydrogen) atoms. The van der Waals surface area contributed by atoms with E-state index in [4.69, 9.17) is 9.47 Å². The van der Waals surface area contributed by atoms with Crippen molar-refractivity contribution >= 4 is 5.91 Å². The van der Waals surface area contributed by atoms with E-state index in [-0.39, 0.29) is 23.3 Å². The van der Waals surface area contributed by atoms with Crippen LogP contribution in [0.1, 0.15) is 38.2 Å². The summed E-state index contributed by atoms with van der Waals surface area (Å²) in [7, 11) is 1.63. The zero-order valence-electron chi connectivity index (χ0n) is 14.9. The van der Waals surface area contributed by atoms with E-state index in [1.54, 1.807) is 7.11 Å². The van der Waals surface area contributed by atoms with Crippen molar-refractivity contribution in [2.75, 3.05) is 26.9 Å². The van der Waals surface area contributed by atoms with Gasteiger partial charge in [-0.3, -0.25) is 4.79 Å². The van der Waals surface area contributed by atoms with E-state index in [2.05, 4.69) is 17.4 Å². The van der Waals surface area contributed by atoms with Crippen LogP contribution in [0.3, 0.4) is 0 Å². The normalized spacial score (nSPS) is 27.2. The molecule has 4 rings (SSSR count). The van der Waals surface area contributed by atoms with Crippen molar-refractivity contribution in [3.63, 3.8) is 0 Å². The Morgan fingerprint density at radius 1 is 1.28 bits per heavy atom. The number of carbonyl (C=O) groups excluding carboxylic acids is 1. The van der Waals surface area contributed by atoms with Crippen molar-refractivity contribution in [3.8, 4) is 5.75 Å². The third-order valence-electron chi connectivity index (χ3n) is 5.60. The van der Waals surface area contributed by atoms with Gasteiger partial charge in [0.1, 0.15) is 12.4 Å². The van der Waals surface area contributed by atoms with E-state index in [1.165, 1.54) is 5.56 Å². The molecule has 0 saturated heterocycles. The second-order valence-electron chi connectivity index (χ2n) is 7.27. The zero-order valence-corrected chi connectivity index (χ0v) is 14.9. The van der Waals surface area contributed by atoms with E-state index in [9.17, 15) is 9.18 Å². The van der Waals surface area contributed by atoms with Crippen LogP contribution in [0.15, 0.2) is 36.2 Å². The van der Waals surface area contributed by atoms with E-state index in [0.29, 0.717) is 31.5 Å². The average molecular weight is 347 g/mol. The summed E-state index contributed by atoms with van der Waals surface area (Å²) in [6, 6.07) is 8.02. The number of hydrogen-bond donors (Lipinski definition) is 1. The van der Waals surface area contributed by atoms with Gasteiger partial charge in [-0.25, -0.2) is 4.39 Å². The summed E-state index contributed by atoms with van der Waals surface area (Å²) in [4.78, 5) is 12.3. The molecule has 3 saturated carbocycles. The predicted octanol–water partition coefficient (Wildman–Crippen LogP) is 3.51. The molecule has 0 atom stereocenters. The Labute approximate surface area is 148 Å². The molecule has 1 N–H and O–H groups in total. The molecule has 1 aromatic rings. The number of methoxy groups -OCH3 is 1. The Hall–Kier alpha value is -1.88. The SMILES string of the molecule is CC/C(=C\F)COc1ccc(C23CC(C(=O)NCCOC)(C2)C3)cc1. The summed E-state index contributed by atoms with van der Waals surface area (Å²) in [5, 5.41) is 2.96. The lowest BCUT2D eigenvalue weighted by atomic mass is 9.33. The van der Waals surface area contributed by atoms with Gasteiger partial charge in [-0.1, -0.05) is 19.1 Å². The third-order valence-corrected chi connectivity index (χ3v) is 5.60. The fraction of sp³-hybridized carbons (Fsp3) is 0.550.